The van der Waals surface area contributed by atoms with Crippen LogP contribution in [0.3, 0.4) is 0 Å². The first-order valence-electron chi connectivity index (χ1n) is 7.46. The predicted octanol–water partition coefficient (Wildman–Crippen LogP) is 4.11. The number of benzene rings is 1. The molecule has 4 N–H and O–H groups in total. The second kappa shape index (κ2) is 9.22. The van der Waals surface area contributed by atoms with Gasteiger partial charge in [0.2, 0.25) is 0 Å². The molecule has 0 saturated carbocycles. The number of nitrogens with one attached hydrogen (secondary N) is 1. The summed E-state index contributed by atoms with van der Waals surface area (Å²) < 4.78 is 0. The molecule has 5 nitrogen and oxygen atoms in total. The first kappa shape index (κ1) is 19.0. The molecule has 0 amide bonds. The monoisotopic (exact) mass is 376 g/mol. The SMILES string of the molecule is C=C(Cl)/C=C(\C=C/CNc1ncnc(-c2ccc(Cl)cc2)c1O)CN. The Morgan fingerprint density at radius 1 is 1.28 bits per heavy atom. The normalized spacial score (nSPS) is 11.7. The summed E-state index contributed by atoms with van der Waals surface area (Å²) in [4.78, 5) is 8.19. The molecule has 0 atom stereocenters. The van der Waals surface area contributed by atoms with Crippen LogP contribution in [0.2, 0.25) is 5.02 Å². The fourth-order valence-electron chi connectivity index (χ4n) is 2.07. The van der Waals surface area contributed by atoms with Crippen LogP contribution in [0, 0.1) is 0 Å². The van der Waals surface area contributed by atoms with E-state index >= 15 is 0 Å². The molecule has 130 valence electrons. The number of halogens is 2. The maximum Gasteiger partial charge on any atom is 0.185 e. The molecule has 0 fully saturated rings. The number of allylic oxidation sites excluding steroid dienone is 2. The van der Waals surface area contributed by atoms with Crippen LogP contribution < -0.4 is 11.1 Å². The van der Waals surface area contributed by atoms with Crippen molar-refractivity contribution < 1.29 is 5.11 Å². The van der Waals surface area contributed by atoms with E-state index in [1.165, 1.54) is 6.33 Å². The van der Waals surface area contributed by atoms with Gasteiger partial charge in [-0.2, -0.15) is 0 Å². The van der Waals surface area contributed by atoms with Gasteiger partial charge < -0.3 is 16.2 Å². The molecular formula is C18H18Cl2N4O. The second-order valence-corrected chi connectivity index (χ2v) is 6.00. The van der Waals surface area contributed by atoms with Crippen molar-refractivity contribution in [3.05, 3.63) is 71.0 Å². The topological polar surface area (TPSA) is 84.1 Å². The Balaban J connectivity index is 2.10. The lowest BCUT2D eigenvalue weighted by molar-refractivity contribution is 0.474. The average Bonchev–Trinajstić information content (AvgIpc) is 2.59. The minimum absolute atomic E-state index is 0.0260. The first-order valence-corrected chi connectivity index (χ1v) is 8.22. The van der Waals surface area contributed by atoms with Crippen molar-refractivity contribution in [2.24, 2.45) is 5.73 Å². The fraction of sp³-hybridized carbons (Fsp3) is 0.111. The highest BCUT2D eigenvalue weighted by molar-refractivity contribution is 6.31. The minimum Gasteiger partial charge on any atom is -0.503 e. The van der Waals surface area contributed by atoms with Gasteiger partial charge in [-0.25, -0.2) is 9.97 Å². The van der Waals surface area contributed by atoms with Crippen molar-refractivity contribution in [3.63, 3.8) is 0 Å². The zero-order valence-electron chi connectivity index (χ0n) is 13.4. The number of aromatic nitrogens is 2. The zero-order chi connectivity index (χ0) is 18.2. The van der Waals surface area contributed by atoms with Crippen molar-refractivity contribution in [1.29, 1.82) is 0 Å². The van der Waals surface area contributed by atoms with Crippen LogP contribution in [0.5, 0.6) is 5.75 Å². The van der Waals surface area contributed by atoms with Gasteiger partial charge in [-0.1, -0.05) is 54.1 Å². The molecule has 2 aromatic rings. The minimum atomic E-state index is -0.0260. The molecule has 0 aliphatic carbocycles. The van der Waals surface area contributed by atoms with E-state index in [9.17, 15) is 5.11 Å². The van der Waals surface area contributed by atoms with Crippen molar-refractivity contribution in [2.45, 2.75) is 0 Å². The fourth-order valence-corrected chi connectivity index (χ4v) is 2.34. The number of rotatable bonds is 7. The lowest BCUT2D eigenvalue weighted by Crippen LogP contribution is -2.04. The van der Waals surface area contributed by atoms with Crippen LogP contribution in [-0.4, -0.2) is 28.2 Å². The Morgan fingerprint density at radius 2 is 2.00 bits per heavy atom. The smallest absolute Gasteiger partial charge is 0.185 e. The molecular weight excluding hydrogens is 359 g/mol. The quantitative estimate of drug-likeness (QED) is 0.633. The largest absolute Gasteiger partial charge is 0.503 e. The molecule has 0 bridgehead atoms. The number of nitrogens with zero attached hydrogens (tertiary/aromatic N) is 2. The van der Waals surface area contributed by atoms with Gasteiger partial charge in [0.15, 0.2) is 11.6 Å². The second-order valence-electron chi connectivity index (χ2n) is 5.08. The van der Waals surface area contributed by atoms with E-state index in [1.54, 1.807) is 30.3 Å². The molecule has 0 saturated heterocycles. The molecule has 25 heavy (non-hydrogen) atoms. The van der Waals surface area contributed by atoms with Gasteiger partial charge in [-0.05, 0) is 23.8 Å². The number of hydrogen-bond acceptors (Lipinski definition) is 5. The Labute approximate surface area is 156 Å². The van der Waals surface area contributed by atoms with Crippen molar-refractivity contribution in [3.8, 4) is 17.0 Å². The predicted molar refractivity (Wildman–Crippen MR) is 104 cm³/mol. The molecule has 1 heterocycles. The number of anilines is 1. The van der Waals surface area contributed by atoms with E-state index in [0.29, 0.717) is 34.7 Å². The molecule has 7 heteroatoms. The van der Waals surface area contributed by atoms with Crippen LogP contribution in [0.4, 0.5) is 5.82 Å². The van der Waals surface area contributed by atoms with Gasteiger partial charge in [-0.15, -0.1) is 0 Å². The Bertz CT molecular complexity index is 801. The number of hydrogen-bond donors (Lipinski definition) is 3. The Morgan fingerprint density at radius 3 is 2.64 bits per heavy atom. The third-order valence-corrected chi connectivity index (χ3v) is 3.60. The molecule has 1 aromatic carbocycles. The third kappa shape index (κ3) is 5.60. The van der Waals surface area contributed by atoms with Gasteiger partial charge >= 0.3 is 0 Å². The maximum absolute atomic E-state index is 10.4. The standard InChI is InChI=1S/C18H18Cl2N4O/c1-12(19)9-13(10-21)3-2-8-22-18-17(25)16(23-11-24-18)14-4-6-15(20)7-5-14/h2-7,9,11,25H,1,8,10,21H2,(H,22,23,24)/b3-2-,13-9+. The summed E-state index contributed by atoms with van der Waals surface area (Å²) in [7, 11) is 0. The summed E-state index contributed by atoms with van der Waals surface area (Å²) in [6, 6.07) is 7.04. The van der Waals surface area contributed by atoms with Crippen LogP contribution in [0.1, 0.15) is 0 Å². The highest BCUT2D eigenvalue weighted by Gasteiger charge is 2.11. The van der Waals surface area contributed by atoms with E-state index in [-0.39, 0.29) is 5.75 Å². The van der Waals surface area contributed by atoms with E-state index in [1.807, 2.05) is 12.2 Å². The van der Waals surface area contributed by atoms with E-state index in [4.69, 9.17) is 28.9 Å². The molecule has 1 aromatic heterocycles. The van der Waals surface area contributed by atoms with E-state index in [2.05, 4.69) is 21.9 Å². The summed E-state index contributed by atoms with van der Waals surface area (Å²) in [6.45, 7) is 4.39. The molecule has 0 aliphatic heterocycles. The molecule has 0 radical (unpaired) electrons. The summed E-state index contributed by atoms with van der Waals surface area (Å²) in [5.74, 6) is 0.312. The average molecular weight is 377 g/mol. The lowest BCUT2D eigenvalue weighted by atomic mass is 10.1. The summed E-state index contributed by atoms with van der Waals surface area (Å²) in [5.41, 5.74) is 7.64. The molecule has 0 spiro atoms. The molecule has 2 rings (SSSR count). The maximum atomic E-state index is 10.4. The highest BCUT2D eigenvalue weighted by Crippen LogP contribution is 2.32. The van der Waals surface area contributed by atoms with Gasteiger partial charge in [0.05, 0.1) is 0 Å². The number of aromatic hydroxyl groups is 1. The Hall–Kier alpha value is -2.34. The van der Waals surface area contributed by atoms with Crippen molar-refractivity contribution >= 4 is 29.0 Å². The van der Waals surface area contributed by atoms with Crippen LogP contribution >= 0.6 is 23.2 Å². The van der Waals surface area contributed by atoms with Crippen LogP contribution in [0.25, 0.3) is 11.3 Å². The molecule has 0 aliphatic rings. The van der Waals surface area contributed by atoms with Gasteiger partial charge in [-0.3, -0.25) is 0 Å². The van der Waals surface area contributed by atoms with E-state index in [0.717, 1.165) is 11.1 Å². The van der Waals surface area contributed by atoms with Crippen molar-refractivity contribution in [1.82, 2.24) is 9.97 Å². The Kier molecular flexibility index (Phi) is 7.01. The molecule has 0 unspecified atom stereocenters. The van der Waals surface area contributed by atoms with Crippen LogP contribution in [-0.2, 0) is 0 Å². The summed E-state index contributed by atoms with van der Waals surface area (Å²) >= 11 is 11.6. The zero-order valence-corrected chi connectivity index (χ0v) is 14.9. The highest BCUT2D eigenvalue weighted by atomic mass is 35.5. The summed E-state index contributed by atoms with van der Waals surface area (Å²) in [6.07, 6.45) is 6.76. The van der Waals surface area contributed by atoms with Gasteiger partial charge in [0.25, 0.3) is 0 Å². The summed E-state index contributed by atoms with van der Waals surface area (Å²) in [5, 5.41) is 14.4. The van der Waals surface area contributed by atoms with E-state index < -0.39 is 0 Å². The van der Waals surface area contributed by atoms with Crippen molar-refractivity contribution in [2.75, 3.05) is 18.4 Å². The first-order chi connectivity index (χ1) is 12.0. The number of nitrogens with two attached hydrogens (primary N) is 1. The van der Waals surface area contributed by atoms with Crippen LogP contribution in [0.15, 0.2) is 66.0 Å². The van der Waals surface area contributed by atoms with Gasteiger partial charge in [0.1, 0.15) is 12.0 Å². The third-order valence-electron chi connectivity index (χ3n) is 3.24. The lowest BCUT2D eigenvalue weighted by Gasteiger charge is -2.09. The van der Waals surface area contributed by atoms with Gasteiger partial charge in [0, 0.05) is 28.7 Å².